The Morgan fingerprint density at radius 2 is 2.15 bits per heavy atom. The van der Waals surface area contributed by atoms with Gasteiger partial charge in [-0.1, -0.05) is 19.1 Å². The van der Waals surface area contributed by atoms with E-state index in [2.05, 4.69) is 15.1 Å². The Balaban J connectivity index is 1.62. The van der Waals surface area contributed by atoms with E-state index >= 15 is 0 Å². The first-order chi connectivity index (χ1) is 12.6. The van der Waals surface area contributed by atoms with Crippen LogP contribution in [0, 0.1) is 0 Å². The summed E-state index contributed by atoms with van der Waals surface area (Å²) in [6.45, 7) is 3.25. The zero-order valence-electron chi connectivity index (χ0n) is 14.3. The van der Waals surface area contributed by atoms with Crippen LogP contribution in [0.25, 0.3) is 10.9 Å². The highest BCUT2D eigenvalue weighted by Crippen LogP contribution is 2.20. The zero-order chi connectivity index (χ0) is 18.3. The molecule has 1 aliphatic heterocycles. The lowest BCUT2D eigenvalue weighted by molar-refractivity contribution is 0.0693. The number of aromatic amines is 1. The molecule has 0 radical (unpaired) electrons. The summed E-state index contributed by atoms with van der Waals surface area (Å²) in [6, 6.07) is 8.75. The van der Waals surface area contributed by atoms with E-state index in [1.54, 1.807) is 29.2 Å². The fourth-order valence-corrected chi connectivity index (χ4v) is 3.17. The molecule has 26 heavy (non-hydrogen) atoms. The predicted molar refractivity (Wildman–Crippen MR) is 94.6 cm³/mol. The molecule has 0 bridgehead atoms. The van der Waals surface area contributed by atoms with Crippen molar-refractivity contribution in [3.05, 3.63) is 57.9 Å². The number of carbonyl (C=O) groups is 1. The summed E-state index contributed by atoms with van der Waals surface area (Å²) < 4.78 is 1.81. The molecule has 0 saturated heterocycles. The number of aliphatic hydroxyl groups is 1. The number of hydrogen-bond donors (Lipinski definition) is 2. The Kier molecular flexibility index (Phi) is 4.04. The van der Waals surface area contributed by atoms with Crippen LogP contribution >= 0.6 is 0 Å². The second kappa shape index (κ2) is 6.38. The molecule has 0 aliphatic carbocycles. The van der Waals surface area contributed by atoms with Gasteiger partial charge in [0.25, 0.3) is 11.5 Å². The highest BCUT2D eigenvalue weighted by Gasteiger charge is 2.26. The summed E-state index contributed by atoms with van der Waals surface area (Å²) in [4.78, 5) is 33.5. The number of amides is 1. The second-order valence-electron chi connectivity index (χ2n) is 6.37. The van der Waals surface area contributed by atoms with Crippen molar-refractivity contribution in [3.63, 3.8) is 0 Å². The number of fused-ring (bicyclic) bond motifs is 2. The lowest BCUT2D eigenvalue weighted by atomic mass is 10.2. The normalized spacial score (nSPS) is 15.1. The maximum absolute atomic E-state index is 12.8. The standard InChI is InChI=1S/C18H19N5O3/c1-2-15(24)14-9-11-10-22(7-8-23(11)21-14)18(26)16-19-13-6-4-3-5-12(13)17(25)20-16/h3-6,9,15,24H,2,7-8,10H2,1H3,(H,19,20,25)/t15-/m0/s1. The molecule has 1 aromatic carbocycles. The van der Waals surface area contributed by atoms with Gasteiger partial charge in [0, 0.05) is 6.54 Å². The molecule has 134 valence electrons. The molecule has 1 atom stereocenters. The van der Waals surface area contributed by atoms with Gasteiger partial charge in [-0.05, 0) is 24.6 Å². The van der Waals surface area contributed by atoms with Crippen molar-refractivity contribution < 1.29 is 9.90 Å². The largest absolute Gasteiger partial charge is 0.387 e. The molecule has 0 unspecified atom stereocenters. The van der Waals surface area contributed by atoms with Gasteiger partial charge in [0.15, 0.2) is 5.82 Å². The van der Waals surface area contributed by atoms with E-state index in [4.69, 9.17) is 0 Å². The van der Waals surface area contributed by atoms with Crippen molar-refractivity contribution in [2.75, 3.05) is 6.54 Å². The van der Waals surface area contributed by atoms with Crippen molar-refractivity contribution >= 4 is 16.8 Å². The Hall–Kier alpha value is -3.00. The van der Waals surface area contributed by atoms with Crippen LogP contribution < -0.4 is 5.56 Å². The zero-order valence-corrected chi connectivity index (χ0v) is 14.3. The Labute approximate surface area is 149 Å². The Bertz CT molecular complexity index is 1040. The second-order valence-corrected chi connectivity index (χ2v) is 6.37. The van der Waals surface area contributed by atoms with E-state index in [0.29, 0.717) is 42.7 Å². The van der Waals surface area contributed by atoms with Crippen LogP contribution in [0.15, 0.2) is 35.1 Å². The Morgan fingerprint density at radius 1 is 1.35 bits per heavy atom. The van der Waals surface area contributed by atoms with Crippen molar-refractivity contribution in [3.8, 4) is 0 Å². The minimum absolute atomic E-state index is 0.0375. The van der Waals surface area contributed by atoms with Gasteiger partial charge in [-0.25, -0.2) is 4.98 Å². The third-order valence-corrected chi connectivity index (χ3v) is 4.65. The van der Waals surface area contributed by atoms with Gasteiger partial charge in [0.2, 0.25) is 0 Å². The third kappa shape index (κ3) is 2.78. The molecular formula is C18H19N5O3. The summed E-state index contributed by atoms with van der Waals surface area (Å²) in [5.74, 6) is -0.284. The maximum Gasteiger partial charge on any atom is 0.290 e. The van der Waals surface area contributed by atoms with E-state index in [9.17, 15) is 14.7 Å². The van der Waals surface area contributed by atoms with Crippen LogP contribution in [-0.4, -0.2) is 42.2 Å². The topological polar surface area (TPSA) is 104 Å². The number of aromatic nitrogens is 4. The van der Waals surface area contributed by atoms with Crippen LogP contribution in [0.2, 0.25) is 0 Å². The number of nitrogens with one attached hydrogen (secondary N) is 1. The van der Waals surface area contributed by atoms with E-state index < -0.39 is 6.10 Å². The van der Waals surface area contributed by atoms with E-state index in [1.807, 2.05) is 17.7 Å². The van der Waals surface area contributed by atoms with Gasteiger partial charge in [0.1, 0.15) is 0 Å². The number of rotatable bonds is 3. The molecular weight excluding hydrogens is 334 g/mol. The van der Waals surface area contributed by atoms with Crippen LogP contribution in [0.4, 0.5) is 0 Å². The predicted octanol–water partition coefficient (Wildman–Crippen LogP) is 1.22. The van der Waals surface area contributed by atoms with Crippen molar-refractivity contribution in [2.45, 2.75) is 32.5 Å². The SMILES string of the molecule is CC[C@H](O)c1cc2n(n1)CCN(C(=O)c1nc3ccccc3c(=O)[nH]1)C2. The lowest BCUT2D eigenvalue weighted by Crippen LogP contribution is -2.39. The first-order valence-electron chi connectivity index (χ1n) is 8.60. The molecule has 0 fully saturated rings. The highest BCUT2D eigenvalue weighted by atomic mass is 16.3. The molecule has 1 aliphatic rings. The van der Waals surface area contributed by atoms with E-state index in [-0.39, 0.29) is 17.3 Å². The van der Waals surface area contributed by atoms with Gasteiger partial charge in [-0.15, -0.1) is 0 Å². The number of hydrogen-bond acceptors (Lipinski definition) is 5. The molecule has 0 saturated carbocycles. The molecule has 2 aromatic heterocycles. The van der Waals surface area contributed by atoms with Crippen molar-refractivity contribution in [1.29, 1.82) is 0 Å². The van der Waals surface area contributed by atoms with Gasteiger partial charge in [-0.3, -0.25) is 14.3 Å². The maximum atomic E-state index is 12.8. The fourth-order valence-electron chi connectivity index (χ4n) is 3.17. The third-order valence-electron chi connectivity index (χ3n) is 4.65. The van der Waals surface area contributed by atoms with E-state index in [0.717, 1.165) is 5.69 Å². The number of H-pyrrole nitrogens is 1. The number of carbonyl (C=O) groups excluding carboxylic acids is 1. The molecule has 0 spiro atoms. The van der Waals surface area contributed by atoms with Crippen LogP contribution in [0.1, 0.15) is 41.5 Å². The Morgan fingerprint density at radius 3 is 2.96 bits per heavy atom. The lowest BCUT2D eigenvalue weighted by Gasteiger charge is -2.27. The molecule has 8 heteroatoms. The van der Waals surface area contributed by atoms with Gasteiger partial charge >= 0.3 is 0 Å². The average molecular weight is 353 g/mol. The summed E-state index contributed by atoms with van der Waals surface area (Å²) >= 11 is 0. The number of benzene rings is 1. The monoisotopic (exact) mass is 353 g/mol. The van der Waals surface area contributed by atoms with Crippen molar-refractivity contribution in [1.82, 2.24) is 24.6 Å². The fraction of sp³-hybridized carbons (Fsp3) is 0.333. The smallest absolute Gasteiger partial charge is 0.290 e. The quantitative estimate of drug-likeness (QED) is 0.737. The summed E-state index contributed by atoms with van der Waals surface area (Å²) in [7, 11) is 0. The van der Waals surface area contributed by atoms with Crippen LogP contribution in [-0.2, 0) is 13.1 Å². The molecule has 1 amide bonds. The molecule has 3 aromatic rings. The van der Waals surface area contributed by atoms with Gasteiger partial charge in [-0.2, -0.15) is 5.10 Å². The minimum atomic E-state index is -0.601. The average Bonchev–Trinajstić information content (AvgIpc) is 3.10. The summed E-state index contributed by atoms with van der Waals surface area (Å²) in [5, 5.41) is 14.8. The number of para-hydroxylation sites is 1. The minimum Gasteiger partial charge on any atom is -0.387 e. The molecule has 3 heterocycles. The summed E-state index contributed by atoms with van der Waals surface area (Å²) in [5.41, 5.74) is 1.65. The van der Waals surface area contributed by atoms with Gasteiger partial charge in [0.05, 0.1) is 41.5 Å². The molecule has 8 nitrogen and oxygen atoms in total. The molecule has 4 rings (SSSR count). The van der Waals surface area contributed by atoms with Crippen LogP contribution in [0.3, 0.4) is 0 Å². The first-order valence-corrected chi connectivity index (χ1v) is 8.60. The highest BCUT2D eigenvalue weighted by molar-refractivity contribution is 5.92. The molecule has 2 N–H and O–H groups in total. The summed E-state index contributed by atoms with van der Waals surface area (Å²) in [6.07, 6.45) is -0.0165. The first kappa shape index (κ1) is 16.5. The number of aliphatic hydroxyl groups excluding tert-OH is 1. The van der Waals surface area contributed by atoms with E-state index in [1.165, 1.54) is 0 Å². The van der Waals surface area contributed by atoms with Crippen molar-refractivity contribution in [2.24, 2.45) is 0 Å². The number of nitrogens with zero attached hydrogens (tertiary/aromatic N) is 4. The van der Waals surface area contributed by atoms with Crippen LogP contribution in [0.5, 0.6) is 0 Å². The van der Waals surface area contributed by atoms with Gasteiger partial charge < -0.3 is 15.0 Å².